The molecule has 0 fully saturated rings. The summed E-state index contributed by atoms with van der Waals surface area (Å²) in [6, 6.07) is 13.8. The van der Waals surface area contributed by atoms with Crippen molar-refractivity contribution in [1.29, 1.82) is 0 Å². The Morgan fingerprint density at radius 2 is 1.84 bits per heavy atom. The first-order chi connectivity index (χ1) is 9.13. The fourth-order valence-electron chi connectivity index (χ4n) is 2.09. The zero-order valence-corrected chi connectivity index (χ0v) is 12.5. The van der Waals surface area contributed by atoms with E-state index in [1.807, 2.05) is 49.4 Å². The lowest BCUT2D eigenvalue weighted by Gasteiger charge is -2.15. The lowest BCUT2D eigenvalue weighted by Crippen LogP contribution is -2.00. The monoisotopic (exact) mass is 294 g/mol. The van der Waals surface area contributed by atoms with Gasteiger partial charge >= 0.3 is 0 Å². The van der Waals surface area contributed by atoms with Gasteiger partial charge in [0.15, 0.2) is 0 Å². The second-order valence-corrected chi connectivity index (χ2v) is 5.37. The molecule has 2 rings (SSSR count). The summed E-state index contributed by atoms with van der Waals surface area (Å²) < 4.78 is 5.34. The lowest BCUT2D eigenvalue weighted by molar-refractivity contribution is 0.409. The van der Waals surface area contributed by atoms with Crippen molar-refractivity contribution in [1.82, 2.24) is 0 Å². The molecule has 0 saturated carbocycles. The maximum Gasteiger partial charge on any atom is 0.122 e. The number of hydrogen-bond acceptors (Lipinski definition) is 1. The Balaban J connectivity index is 2.26. The SMILES string of the molecule is COc1ccccc1CC(Cl)c1cccc(C)c1Cl. The van der Waals surface area contributed by atoms with Crippen LogP contribution in [0.25, 0.3) is 0 Å². The standard InChI is InChI=1S/C16H16Cl2O/c1-11-6-5-8-13(16(11)18)14(17)10-12-7-3-4-9-15(12)19-2/h3-9,14H,10H2,1-2H3. The van der Waals surface area contributed by atoms with Gasteiger partial charge < -0.3 is 4.74 Å². The second kappa shape index (κ2) is 6.31. The van der Waals surface area contributed by atoms with E-state index >= 15 is 0 Å². The Morgan fingerprint density at radius 3 is 2.58 bits per heavy atom. The second-order valence-electron chi connectivity index (χ2n) is 4.46. The predicted molar refractivity (Wildman–Crippen MR) is 81.5 cm³/mol. The van der Waals surface area contributed by atoms with Crippen LogP contribution in [0.3, 0.4) is 0 Å². The van der Waals surface area contributed by atoms with Gasteiger partial charge in [-0.15, -0.1) is 11.6 Å². The first-order valence-electron chi connectivity index (χ1n) is 6.14. The largest absolute Gasteiger partial charge is 0.496 e. The summed E-state index contributed by atoms with van der Waals surface area (Å²) in [5.74, 6) is 0.858. The average molecular weight is 295 g/mol. The third kappa shape index (κ3) is 3.23. The molecule has 3 heteroatoms. The van der Waals surface area contributed by atoms with Crippen molar-refractivity contribution in [3.05, 3.63) is 64.2 Å². The van der Waals surface area contributed by atoms with Crippen LogP contribution in [0.15, 0.2) is 42.5 Å². The minimum atomic E-state index is -0.163. The highest BCUT2D eigenvalue weighted by Crippen LogP contribution is 2.34. The molecule has 0 aliphatic rings. The van der Waals surface area contributed by atoms with Crippen LogP contribution in [0.4, 0.5) is 0 Å². The van der Waals surface area contributed by atoms with E-state index in [-0.39, 0.29) is 5.38 Å². The minimum absolute atomic E-state index is 0.163. The van der Waals surface area contributed by atoms with Crippen molar-refractivity contribution in [2.45, 2.75) is 18.7 Å². The van der Waals surface area contributed by atoms with Gasteiger partial charge in [0.2, 0.25) is 0 Å². The molecular formula is C16H16Cl2O. The average Bonchev–Trinajstić information content (AvgIpc) is 2.42. The number of ether oxygens (including phenoxy) is 1. The number of para-hydroxylation sites is 1. The van der Waals surface area contributed by atoms with Gasteiger partial charge in [-0.25, -0.2) is 0 Å². The molecule has 19 heavy (non-hydrogen) atoms. The number of hydrogen-bond donors (Lipinski definition) is 0. The van der Waals surface area contributed by atoms with Crippen LogP contribution in [-0.2, 0) is 6.42 Å². The van der Waals surface area contributed by atoms with Gasteiger partial charge in [-0.1, -0.05) is 48.0 Å². The van der Waals surface area contributed by atoms with Crippen molar-refractivity contribution >= 4 is 23.2 Å². The zero-order chi connectivity index (χ0) is 13.8. The fourth-order valence-corrected chi connectivity index (χ4v) is 2.75. The molecular weight excluding hydrogens is 279 g/mol. The van der Waals surface area contributed by atoms with Crippen molar-refractivity contribution in [2.24, 2.45) is 0 Å². The number of rotatable bonds is 4. The quantitative estimate of drug-likeness (QED) is 0.706. The topological polar surface area (TPSA) is 9.23 Å². The van der Waals surface area contributed by atoms with Crippen LogP contribution in [0.1, 0.15) is 22.1 Å². The van der Waals surface area contributed by atoms with Gasteiger partial charge in [0.05, 0.1) is 12.5 Å². The number of methoxy groups -OCH3 is 1. The smallest absolute Gasteiger partial charge is 0.122 e. The Labute approximate surface area is 124 Å². The molecule has 0 spiro atoms. The van der Waals surface area contributed by atoms with E-state index in [1.165, 1.54) is 0 Å². The molecule has 0 aliphatic heterocycles. The molecule has 0 aliphatic carbocycles. The summed E-state index contributed by atoms with van der Waals surface area (Å²) in [6.45, 7) is 1.98. The van der Waals surface area contributed by atoms with Crippen LogP contribution < -0.4 is 4.74 Å². The Kier molecular flexibility index (Phi) is 4.73. The van der Waals surface area contributed by atoms with Crippen LogP contribution in [-0.4, -0.2) is 7.11 Å². The maximum absolute atomic E-state index is 6.51. The highest BCUT2D eigenvalue weighted by Gasteiger charge is 2.15. The van der Waals surface area contributed by atoms with Crippen molar-refractivity contribution < 1.29 is 4.74 Å². The molecule has 1 atom stereocenters. The highest BCUT2D eigenvalue weighted by molar-refractivity contribution is 6.33. The first-order valence-corrected chi connectivity index (χ1v) is 6.96. The maximum atomic E-state index is 6.51. The van der Waals surface area contributed by atoms with Crippen LogP contribution in [0, 0.1) is 6.92 Å². The van der Waals surface area contributed by atoms with Crippen molar-refractivity contribution in [2.75, 3.05) is 7.11 Å². The number of benzene rings is 2. The van der Waals surface area contributed by atoms with E-state index in [2.05, 4.69) is 0 Å². The molecule has 1 nitrogen and oxygen atoms in total. The predicted octanol–water partition coefficient (Wildman–Crippen LogP) is 5.18. The summed E-state index contributed by atoms with van der Waals surface area (Å²) in [5.41, 5.74) is 3.10. The van der Waals surface area contributed by atoms with Crippen LogP contribution in [0.2, 0.25) is 5.02 Å². The molecule has 0 heterocycles. The molecule has 0 radical (unpaired) electrons. The Hall–Kier alpha value is -1.18. The summed E-state index contributed by atoms with van der Waals surface area (Å²) >= 11 is 12.8. The number of halogens is 2. The van der Waals surface area contributed by atoms with E-state index in [9.17, 15) is 0 Å². The van der Waals surface area contributed by atoms with E-state index in [1.54, 1.807) is 7.11 Å². The van der Waals surface area contributed by atoms with Gasteiger partial charge in [0.1, 0.15) is 5.75 Å². The molecule has 1 unspecified atom stereocenters. The van der Waals surface area contributed by atoms with Gasteiger partial charge in [-0.3, -0.25) is 0 Å². The summed E-state index contributed by atoms with van der Waals surface area (Å²) in [6.07, 6.45) is 0.689. The molecule has 2 aromatic rings. The molecule has 100 valence electrons. The third-order valence-corrected chi connectivity index (χ3v) is 4.06. The summed E-state index contributed by atoms with van der Waals surface area (Å²) in [7, 11) is 1.67. The third-order valence-electron chi connectivity index (χ3n) is 3.15. The van der Waals surface area contributed by atoms with Gasteiger partial charge in [0, 0.05) is 5.02 Å². The van der Waals surface area contributed by atoms with E-state index in [0.717, 1.165) is 27.5 Å². The fraction of sp³-hybridized carbons (Fsp3) is 0.250. The number of alkyl halides is 1. The van der Waals surface area contributed by atoms with E-state index in [4.69, 9.17) is 27.9 Å². The van der Waals surface area contributed by atoms with Crippen molar-refractivity contribution in [3.8, 4) is 5.75 Å². The Morgan fingerprint density at radius 1 is 1.11 bits per heavy atom. The first kappa shape index (κ1) is 14.2. The molecule has 0 aromatic heterocycles. The molecule has 0 saturated heterocycles. The van der Waals surface area contributed by atoms with Crippen LogP contribution >= 0.6 is 23.2 Å². The minimum Gasteiger partial charge on any atom is -0.496 e. The zero-order valence-electron chi connectivity index (χ0n) is 11.0. The molecule has 2 aromatic carbocycles. The summed E-state index contributed by atoms with van der Waals surface area (Å²) in [5, 5.41) is 0.584. The van der Waals surface area contributed by atoms with Crippen LogP contribution in [0.5, 0.6) is 5.75 Å². The lowest BCUT2D eigenvalue weighted by atomic mass is 10.0. The summed E-state index contributed by atoms with van der Waals surface area (Å²) in [4.78, 5) is 0. The normalized spacial score (nSPS) is 12.2. The van der Waals surface area contributed by atoms with Gasteiger partial charge in [0.25, 0.3) is 0 Å². The highest BCUT2D eigenvalue weighted by atomic mass is 35.5. The van der Waals surface area contributed by atoms with Gasteiger partial charge in [-0.2, -0.15) is 0 Å². The van der Waals surface area contributed by atoms with Crippen molar-refractivity contribution in [3.63, 3.8) is 0 Å². The van der Waals surface area contributed by atoms with E-state index < -0.39 is 0 Å². The Bertz CT molecular complexity index is 566. The van der Waals surface area contributed by atoms with Gasteiger partial charge in [-0.05, 0) is 36.1 Å². The van der Waals surface area contributed by atoms with E-state index in [0.29, 0.717) is 6.42 Å². The molecule has 0 N–H and O–H groups in total. The molecule has 0 bridgehead atoms. The number of aryl methyl sites for hydroxylation is 1. The molecule has 0 amide bonds.